The highest BCUT2D eigenvalue weighted by Gasteiger charge is 2.45. The second-order valence-electron chi connectivity index (χ2n) is 4.67. The summed E-state index contributed by atoms with van der Waals surface area (Å²) in [6, 6.07) is 1.89. The van der Waals surface area contributed by atoms with Crippen LogP contribution in [-0.4, -0.2) is 5.92 Å². The Balaban J connectivity index is 2.19. The molecule has 0 aliphatic heterocycles. The molecule has 0 saturated heterocycles. The van der Waals surface area contributed by atoms with Crippen LogP contribution in [0.15, 0.2) is 16.5 Å². The molecular formula is C11H12F5NO. The minimum absolute atomic E-state index is 0.0784. The summed E-state index contributed by atoms with van der Waals surface area (Å²) in [6.45, 7) is 0. The maximum Gasteiger partial charge on any atom is 0.449 e. The van der Waals surface area contributed by atoms with E-state index < -0.39 is 36.2 Å². The predicted molar refractivity (Wildman–Crippen MR) is 53.0 cm³/mol. The summed E-state index contributed by atoms with van der Waals surface area (Å²) in [7, 11) is 0. The van der Waals surface area contributed by atoms with Crippen molar-refractivity contribution in [1.82, 2.24) is 0 Å². The molecule has 0 radical (unpaired) electrons. The Labute approximate surface area is 99.9 Å². The van der Waals surface area contributed by atoms with Gasteiger partial charge < -0.3 is 10.2 Å². The summed E-state index contributed by atoms with van der Waals surface area (Å²) >= 11 is 0. The van der Waals surface area contributed by atoms with Gasteiger partial charge in [0, 0.05) is 12.8 Å². The lowest BCUT2D eigenvalue weighted by Gasteiger charge is -2.35. The van der Waals surface area contributed by atoms with Crippen LogP contribution in [0.3, 0.4) is 0 Å². The Morgan fingerprint density at radius 3 is 2.06 bits per heavy atom. The zero-order valence-electron chi connectivity index (χ0n) is 9.36. The minimum Gasteiger partial charge on any atom is -0.455 e. The van der Waals surface area contributed by atoms with Gasteiger partial charge in [-0.1, -0.05) is 0 Å². The van der Waals surface area contributed by atoms with Crippen molar-refractivity contribution >= 4 is 0 Å². The van der Waals surface area contributed by atoms with Gasteiger partial charge in [0.15, 0.2) is 0 Å². The summed E-state index contributed by atoms with van der Waals surface area (Å²) in [5.41, 5.74) is 4.63. The maximum absolute atomic E-state index is 13.0. The maximum atomic E-state index is 13.0. The predicted octanol–water partition coefficient (Wildman–Crippen LogP) is 3.66. The standard InChI is InChI=1S/C11H12F5NO/c12-10(13)5-3-9(17,4-6-10)7-1-2-8(18-7)11(14,15)16/h1-2H,3-6,17H2. The van der Waals surface area contributed by atoms with Crippen LogP contribution in [0, 0.1) is 0 Å². The Kier molecular flexibility index (Phi) is 2.92. The van der Waals surface area contributed by atoms with Crippen LogP contribution in [0.4, 0.5) is 22.0 Å². The second-order valence-corrected chi connectivity index (χ2v) is 4.67. The lowest BCUT2D eigenvalue weighted by Crippen LogP contribution is -2.43. The minimum atomic E-state index is -4.59. The van der Waals surface area contributed by atoms with Gasteiger partial charge >= 0.3 is 6.18 Å². The van der Waals surface area contributed by atoms with Crippen LogP contribution in [0.1, 0.15) is 37.2 Å². The molecule has 1 fully saturated rings. The first-order chi connectivity index (χ1) is 8.12. The van der Waals surface area contributed by atoms with Crippen LogP contribution in [-0.2, 0) is 11.7 Å². The van der Waals surface area contributed by atoms with Gasteiger partial charge in [-0.25, -0.2) is 8.78 Å². The van der Waals surface area contributed by atoms with Gasteiger partial charge in [-0.15, -0.1) is 0 Å². The topological polar surface area (TPSA) is 39.2 Å². The van der Waals surface area contributed by atoms with E-state index in [1.807, 2.05) is 0 Å². The fourth-order valence-corrected chi connectivity index (χ4v) is 2.07. The first-order valence-corrected chi connectivity index (χ1v) is 5.47. The molecule has 1 aromatic heterocycles. The zero-order valence-corrected chi connectivity index (χ0v) is 9.36. The van der Waals surface area contributed by atoms with Crippen molar-refractivity contribution in [2.45, 2.75) is 43.3 Å². The Morgan fingerprint density at radius 2 is 1.61 bits per heavy atom. The lowest BCUT2D eigenvalue weighted by atomic mass is 9.79. The van der Waals surface area contributed by atoms with E-state index in [0.29, 0.717) is 0 Å². The van der Waals surface area contributed by atoms with E-state index in [1.54, 1.807) is 0 Å². The van der Waals surface area contributed by atoms with E-state index in [-0.39, 0.29) is 18.6 Å². The fraction of sp³-hybridized carbons (Fsp3) is 0.636. The summed E-state index contributed by atoms with van der Waals surface area (Å²) < 4.78 is 67.7. The molecule has 1 saturated carbocycles. The molecular weight excluding hydrogens is 257 g/mol. The largest absolute Gasteiger partial charge is 0.455 e. The number of alkyl halides is 5. The van der Waals surface area contributed by atoms with Gasteiger partial charge in [0.25, 0.3) is 0 Å². The van der Waals surface area contributed by atoms with Gasteiger partial charge in [-0.2, -0.15) is 13.2 Å². The number of hydrogen-bond donors (Lipinski definition) is 1. The van der Waals surface area contributed by atoms with Crippen LogP contribution >= 0.6 is 0 Å². The molecule has 0 aromatic carbocycles. The molecule has 2 rings (SSSR count). The monoisotopic (exact) mass is 269 g/mol. The van der Waals surface area contributed by atoms with Crippen LogP contribution < -0.4 is 5.73 Å². The molecule has 102 valence electrons. The number of furan rings is 1. The molecule has 0 bridgehead atoms. The van der Waals surface area contributed by atoms with E-state index in [2.05, 4.69) is 4.42 Å². The van der Waals surface area contributed by atoms with E-state index in [0.717, 1.165) is 12.1 Å². The van der Waals surface area contributed by atoms with Crippen molar-refractivity contribution in [3.63, 3.8) is 0 Å². The van der Waals surface area contributed by atoms with Crippen molar-refractivity contribution in [3.8, 4) is 0 Å². The van der Waals surface area contributed by atoms with E-state index >= 15 is 0 Å². The molecule has 2 nitrogen and oxygen atoms in total. The molecule has 0 amide bonds. The average Bonchev–Trinajstić information content (AvgIpc) is 2.72. The Morgan fingerprint density at radius 1 is 1.06 bits per heavy atom. The lowest BCUT2D eigenvalue weighted by molar-refractivity contribution is -0.154. The Hall–Kier alpha value is -1.11. The van der Waals surface area contributed by atoms with Gasteiger partial charge in [0.05, 0.1) is 5.54 Å². The highest BCUT2D eigenvalue weighted by molar-refractivity contribution is 5.18. The number of nitrogens with two attached hydrogens (primary N) is 1. The first-order valence-electron chi connectivity index (χ1n) is 5.47. The zero-order chi connectivity index (χ0) is 13.6. The first kappa shape index (κ1) is 13.3. The van der Waals surface area contributed by atoms with Gasteiger partial charge in [-0.3, -0.25) is 0 Å². The van der Waals surface area contributed by atoms with Crippen molar-refractivity contribution in [2.24, 2.45) is 5.73 Å². The van der Waals surface area contributed by atoms with Gasteiger partial charge in [-0.05, 0) is 25.0 Å². The van der Waals surface area contributed by atoms with Crippen LogP contribution in [0.25, 0.3) is 0 Å². The fourth-order valence-electron chi connectivity index (χ4n) is 2.07. The Bertz CT molecular complexity index is 427. The molecule has 0 atom stereocenters. The van der Waals surface area contributed by atoms with E-state index in [1.165, 1.54) is 0 Å². The van der Waals surface area contributed by atoms with Crippen molar-refractivity contribution in [2.75, 3.05) is 0 Å². The molecule has 7 heteroatoms. The highest BCUT2D eigenvalue weighted by Crippen LogP contribution is 2.43. The van der Waals surface area contributed by atoms with E-state index in [9.17, 15) is 22.0 Å². The smallest absolute Gasteiger partial charge is 0.449 e. The molecule has 0 spiro atoms. The molecule has 1 aliphatic rings. The number of rotatable bonds is 1. The third-order valence-corrected chi connectivity index (χ3v) is 3.25. The van der Waals surface area contributed by atoms with Crippen molar-refractivity contribution < 1.29 is 26.4 Å². The van der Waals surface area contributed by atoms with Crippen LogP contribution in [0.2, 0.25) is 0 Å². The van der Waals surface area contributed by atoms with Crippen LogP contribution in [0.5, 0.6) is 0 Å². The summed E-state index contributed by atoms with van der Waals surface area (Å²) in [5, 5.41) is 0. The highest BCUT2D eigenvalue weighted by atomic mass is 19.4. The molecule has 1 aliphatic carbocycles. The summed E-state index contributed by atoms with van der Waals surface area (Å²) in [4.78, 5) is 0. The SMILES string of the molecule is NC1(c2ccc(C(F)(F)F)o2)CCC(F)(F)CC1. The van der Waals surface area contributed by atoms with Crippen molar-refractivity contribution in [3.05, 3.63) is 23.7 Å². The molecule has 2 N–H and O–H groups in total. The molecule has 1 aromatic rings. The molecule has 1 heterocycles. The summed E-state index contributed by atoms with van der Waals surface area (Å²) in [5.74, 6) is -4.02. The quantitative estimate of drug-likeness (QED) is 0.790. The number of halogens is 5. The molecule has 0 unspecified atom stereocenters. The normalized spacial score (nSPS) is 23.0. The van der Waals surface area contributed by atoms with Gasteiger partial charge in [0.2, 0.25) is 11.7 Å². The van der Waals surface area contributed by atoms with E-state index in [4.69, 9.17) is 5.73 Å². The average molecular weight is 269 g/mol. The van der Waals surface area contributed by atoms with Gasteiger partial charge in [0.1, 0.15) is 5.76 Å². The summed E-state index contributed by atoms with van der Waals surface area (Å²) in [6.07, 6.45) is -5.65. The van der Waals surface area contributed by atoms with Crippen molar-refractivity contribution in [1.29, 1.82) is 0 Å². The third-order valence-electron chi connectivity index (χ3n) is 3.25. The molecule has 18 heavy (non-hydrogen) atoms. The second kappa shape index (κ2) is 3.94. The number of hydrogen-bond acceptors (Lipinski definition) is 2. The third kappa shape index (κ3) is 2.50.